The number of fused-ring (bicyclic) bond motifs is 3. The number of rotatable bonds is 3. The van der Waals surface area contributed by atoms with E-state index in [4.69, 9.17) is 5.73 Å². The van der Waals surface area contributed by atoms with Crippen molar-refractivity contribution in [2.24, 2.45) is 5.73 Å². The van der Waals surface area contributed by atoms with Gasteiger partial charge in [-0.2, -0.15) is 0 Å². The first-order chi connectivity index (χ1) is 9.16. The Labute approximate surface area is 115 Å². The molecule has 2 N–H and O–H groups in total. The maximum atomic E-state index is 12.4. The number of urea groups is 1. The molecule has 1 fully saturated rings. The number of benzene rings is 1. The van der Waals surface area contributed by atoms with E-state index in [9.17, 15) is 9.59 Å². The maximum Gasteiger partial charge on any atom is 0.324 e. The highest BCUT2D eigenvalue weighted by atomic mass is 32.2. The summed E-state index contributed by atoms with van der Waals surface area (Å²) in [7, 11) is 0. The summed E-state index contributed by atoms with van der Waals surface area (Å²) in [5.74, 6) is 0.531. The molecule has 1 atom stereocenters. The summed E-state index contributed by atoms with van der Waals surface area (Å²) in [6, 6.07) is 8.12. The lowest BCUT2D eigenvalue weighted by Gasteiger charge is -2.29. The Balaban J connectivity index is 1.82. The Bertz CT molecular complexity index is 534. The quantitative estimate of drug-likeness (QED) is 0.905. The average molecular weight is 277 g/mol. The third-order valence-electron chi connectivity index (χ3n) is 3.46. The molecule has 0 bridgehead atoms. The van der Waals surface area contributed by atoms with Gasteiger partial charge in [-0.15, -0.1) is 11.8 Å². The van der Waals surface area contributed by atoms with Gasteiger partial charge in [-0.1, -0.05) is 12.1 Å². The zero-order chi connectivity index (χ0) is 13.4. The van der Waals surface area contributed by atoms with E-state index in [-0.39, 0.29) is 24.4 Å². The van der Waals surface area contributed by atoms with E-state index in [1.165, 1.54) is 0 Å². The summed E-state index contributed by atoms with van der Waals surface area (Å²) in [4.78, 5) is 28.0. The second-order valence-corrected chi connectivity index (χ2v) is 5.81. The number of hydrogen-bond acceptors (Lipinski definition) is 3. The minimum Gasteiger partial charge on any atom is -0.370 e. The van der Waals surface area contributed by atoms with Gasteiger partial charge in [0.15, 0.2) is 0 Å². The monoisotopic (exact) mass is 277 g/mol. The Morgan fingerprint density at radius 3 is 3.00 bits per heavy atom. The molecular weight excluding hydrogens is 262 g/mol. The minimum atomic E-state index is -0.368. The van der Waals surface area contributed by atoms with Gasteiger partial charge in [0.25, 0.3) is 0 Å². The molecule has 2 aliphatic heterocycles. The Morgan fingerprint density at radius 2 is 2.21 bits per heavy atom. The Morgan fingerprint density at radius 1 is 1.42 bits per heavy atom. The predicted molar refractivity (Wildman–Crippen MR) is 74.2 cm³/mol. The summed E-state index contributed by atoms with van der Waals surface area (Å²) in [6.07, 6.45) is 0.223. The van der Waals surface area contributed by atoms with Crippen LogP contribution in [0.15, 0.2) is 29.2 Å². The van der Waals surface area contributed by atoms with E-state index >= 15 is 0 Å². The molecule has 19 heavy (non-hydrogen) atoms. The molecule has 0 aromatic heterocycles. The molecule has 3 rings (SSSR count). The van der Waals surface area contributed by atoms with Crippen molar-refractivity contribution in [3.8, 4) is 0 Å². The van der Waals surface area contributed by atoms with E-state index < -0.39 is 0 Å². The molecule has 5 nitrogen and oxygen atoms in total. The van der Waals surface area contributed by atoms with Crippen LogP contribution in [-0.2, 0) is 4.79 Å². The number of hydrogen-bond donors (Lipinski definition) is 1. The summed E-state index contributed by atoms with van der Waals surface area (Å²) >= 11 is 1.78. The first-order valence-corrected chi connectivity index (χ1v) is 7.23. The fraction of sp³-hybridized carbons (Fsp3) is 0.385. The minimum absolute atomic E-state index is 0.0148. The van der Waals surface area contributed by atoms with Crippen LogP contribution in [0.2, 0.25) is 0 Å². The van der Waals surface area contributed by atoms with Crippen molar-refractivity contribution >= 4 is 29.4 Å². The lowest BCUT2D eigenvalue weighted by atomic mass is 10.2. The normalized spacial score (nSPS) is 21.3. The first kappa shape index (κ1) is 12.3. The molecule has 2 heterocycles. The largest absolute Gasteiger partial charge is 0.370 e. The Kier molecular flexibility index (Phi) is 3.10. The van der Waals surface area contributed by atoms with Gasteiger partial charge in [0.1, 0.15) is 0 Å². The molecule has 0 saturated carbocycles. The summed E-state index contributed by atoms with van der Waals surface area (Å²) < 4.78 is 0. The van der Waals surface area contributed by atoms with Crippen molar-refractivity contribution in [1.29, 1.82) is 0 Å². The number of nitrogens with zero attached hydrogens (tertiary/aromatic N) is 2. The van der Waals surface area contributed by atoms with E-state index in [2.05, 4.69) is 0 Å². The van der Waals surface area contributed by atoms with Crippen LogP contribution in [0.5, 0.6) is 0 Å². The van der Waals surface area contributed by atoms with Crippen LogP contribution in [0.25, 0.3) is 0 Å². The van der Waals surface area contributed by atoms with Crippen LogP contribution in [0.4, 0.5) is 10.5 Å². The zero-order valence-electron chi connectivity index (χ0n) is 10.4. The number of thioether (sulfide) groups is 1. The highest BCUT2D eigenvalue weighted by Crippen LogP contribution is 2.40. The number of nitrogens with two attached hydrogens (primary N) is 1. The van der Waals surface area contributed by atoms with E-state index in [0.717, 1.165) is 16.3 Å². The van der Waals surface area contributed by atoms with Gasteiger partial charge in [0, 0.05) is 30.2 Å². The predicted octanol–water partition coefficient (Wildman–Crippen LogP) is 1.28. The molecule has 0 spiro atoms. The summed E-state index contributed by atoms with van der Waals surface area (Å²) in [6.45, 7) is 1.08. The van der Waals surface area contributed by atoms with Crippen molar-refractivity contribution in [2.45, 2.75) is 17.4 Å². The number of carbonyl (C=O) groups is 2. The maximum absolute atomic E-state index is 12.4. The van der Waals surface area contributed by atoms with Crippen molar-refractivity contribution in [1.82, 2.24) is 4.90 Å². The number of amides is 3. The fourth-order valence-corrected chi connectivity index (χ4v) is 3.66. The van der Waals surface area contributed by atoms with Crippen LogP contribution in [-0.4, -0.2) is 41.7 Å². The molecule has 100 valence electrons. The highest BCUT2D eigenvalue weighted by molar-refractivity contribution is 7.99. The number of para-hydroxylation sites is 1. The number of carbonyl (C=O) groups excluding carboxylic acids is 2. The van der Waals surface area contributed by atoms with Crippen LogP contribution in [0, 0.1) is 0 Å². The van der Waals surface area contributed by atoms with Gasteiger partial charge in [-0.05, 0) is 12.1 Å². The van der Waals surface area contributed by atoms with Gasteiger partial charge >= 0.3 is 6.03 Å². The number of primary amides is 1. The Hall–Kier alpha value is -1.69. The molecule has 6 heteroatoms. The standard InChI is InChI=1S/C13H15N3O2S/c14-12(17)5-6-15-7-9-8-19-11-4-2-1-3-10(11)16(9)13(15)18/h1-4,9H,5-8H2,(H2,14,17). The van der Waals surface area contributed by atoms with Crippen molar-refractivity contribution in [3.05, 3.63) is 24.3 Å². The summed E-state index contributed by atoms with van der Waals surface area (Å²) in [5, 5.41) is 0. The molecule has 1 aromatic carbocycles. The van der Waals surface area contributed by atoms with E-state index in [0.29, 0.717) is 13.1 Å². The number of anilines is 1. The third kappa shape index (κ3) is 2.16. The van der Waals surface area contributed by atoms with Crippen molar-refractivity contribution < 1.29 is 9.59 Å². The lowest BCUT2D eigenvalue weighted by Crippen LogP contribution is -2.38. The van der Waals surface area contributed by atoms with Crippen molar-refractivity contribution in [2.75, 3.05) is 23.7 Å². The van der Waals surface area contributed by atoms with Crippen LogP contribution in [0.1, 0.15) is 6.42 Å². The molecule has 1 aromatic rings. The van der Waals surface area contributed by atoms with Gasteiger partial charge in [0.2, 0.25) is 5.91 Å². The molecule has 0 aliphatic carbocycles. The smallest absolute Gasteiger partial charge is 0.324 e. The average Bonchev–Trinajstić information content (AvgIpc) is 2.73. The van der Waals surface area contributed by atoms with E-state index in [1.807, 2.05) is 29.2 Å². The van der Waals surface area contributed by atoms with Gasteiger partial charge < -0.3 is 10.6 Å². The van der Waals surface area contributed by atoms with Gasteiger partial charge in [-0.3, -0.25) is 9.69 Å². The lowest BCUT2D eigenvalue weighted by molar-refractivity contribution is -0.118. The molecule has 1 unspecified atom stereocenters. The van der Waals surface area contributed by atoms with Crippen LogP contribution in [0.3, 0.4) is 0 Å². The molecular formula is C13H15N3O2S. The SMILES string of the molecule is NC(=O)CCN1CC2CSc3ccccc3N2C1=O. The van der Waals surface area contributed by atoms with Crippen molar-refractivity contribution in [3.63, 3.8) is 0 Å². The molecule has 0 radical (unpaired) electrons. The zero-order valence-corrected chi connectivity index (χ0v) is 11.2. The fourth-order valence-electron chi connectivity index (χ4n) is 2.55. The third-order valence-corrected chi connectivity index (χ3v) is 4.66. The second kappa shape index (κ2) is 4.77. The van der Waals surface area contributed by atoms with Crippen LogP contribution < -0.4 is 10.6 Å². The topological polar surface area (TPSA) is 66.6 Å². The second-order valence-electron chi connectivity index (χ2n) is 4.75. The molecule has 2 aliphatic rings. The summed E-state index contributed by atoms with van der Waals surface area (Å²) in [5.41, 5.74) is 6.13. The van der Waals surface area contributed by atoms with E-state index in [1.54, 1.807) is 16.7 Å². The van der Waals surface area contributed by atoms with Gasteiger partial charge in [-0.25, -0.2) is 4.79 Å². The highest BCUT2D eigenvalue weighted by Gasteiger charge is 2.41. The molecule has 3 amide bonds. The van der Waals surface area contributed by atoms with Crippen LogP contribution >= 0.6 is 11.8 Å². The molecule has 1 saturated heterocycles. The van der Waals surface area contributed by atoms with Gasteiger partial charge in [0.05, 0.1) is 11.7 Å². The first-order valence-electron chi connectivity index (χ1n) is 6.25.